The second-order valence-corrected chi connectivity index (χ2v) is 8.61. The van der Waals surface area contributed by atoms with Gasteiger partial charge in [0.1, 0.15) is 29.9 Å². The van der Waals surface area contributed by atoms with Gasteiger partial charge in [0.05, 0.1) is 7.11 Å². The van der Waals surface area contributed by atoms with Gasteiger partial charge in [-0.3, -0.25) is 4.79 Å². The molecule has 0 bridgehead atoms. The normalized spacial score (nSPS) is 13.3. The fourth-order valence-electron chi connectivity index (χ4n) is 4.17. The summed E-state index contributed by atoms with van der Waals surface area (Å²) in [6, 6.07) is 20.5. The maximum Gasteiger partial charge on any atom is 0.266 e. The molecule has 4 aromatic rings. The fourth-order valence-corrected chi connectivity index (χ4v) is 4.17. The Balaban J connectivity index is 1.23. The molecule has 0 unspecified atom stereocenters. The maximum absolute atomic E-state index is 12.9. The Morgan fingerprint density at radius 2 is 1.78 bits per heavy atom. The monoisotopic (exact) mass is 498 g/mol. The van der Waals surface area contributed by atoms with Crippen molar-refractivity contribution in [1.29, 1.82) is 5.26 Å². The number of anilines is 1. The van der Waals surface area contributed by atoms with E-state index in [0.717, 1.165) is 11.3 Å². The molecule has 0 saturated carbocycles. The number of oxazole rings is 1. The molecule has 0 aliphatic carbocycles. The van der Waals surface area contributed by atoms with Crippen LogP contribution in [0.5, 0.6) is 11.5 Å². The average molecular weight is 499 g/mol. The van der Waals surface area contributed by atoms with Crippen LogP contribution in [0.25, 0.3) is 11.7 Å². The highest BCUT2D eigenvalue weighted by molar-refractivity contribution is 5.94. The number of ether oxygens (including phenoxy) is 2. The summed E-state index contributed by atoms with van der Waals surface area (Å²) >= 11 is 0. The number of carbonyl (C=O) groups is 1. The van der Waals surface area contributed by atoms with Gasteiger partial charge >= 0.3 is 0 Å². The predicted molar refractivity (Wildman–Crippen MR) is 136 cm³/mol. The van der Waals surface area contributed by atoms with Crippen molar-refractivity contribution in [1.82, 2.24) is 9.88 Å². The Hall–Kier alpha value is -4.71. The number of furan rings is 1. The Kier molecular flexibility index (Phi) is 6.81. The van der Waals surface area contributed by atoms with E-state index in [1.807, 2.05) is 36.1 Å². The van der Waals surface area contributed by atoms with Crippen molar-refractivity contribution in [3.8, 4) is 29.2 Å². The van der Waals surface area contributed by atoms with E-state index in [2.05, 4.69) is 11.1 Å². The molecule has 9 nitrogen and oxygen atoms in total. The van der Waals surface area contributed by atoms with E-state index in [-0.39, 0.29) is 24.1 Å². The molecule has 1 amide bonds. The van der Waals surface area contributed by atoms with Crippen LogP contribution in [0.15, 0.2) is 69.5 Å². The Bertz CT molecular complexity index is 1430. The highest BCUT2D eigenvalue weighted by Crippen LogP contribution is 2.30. The summed E-state index contributed by atoms with van der Waals surface area (Å²) in [5, 5.41) is 9.66. The molecule has 0 atom stereocenters. The molecule has 1 saturated heterocycles. The molecule has 1 aliphatic rings. The minimum atomic E-state index is -0.0444. The number of aryl methyl sites for hydroxylation is 1. The molecule has 37 heavy (non-hydrogen) atoms. The number of hydrogen-bond acceptors (Lipinski definition) is 8. The first kappa shape index (κ1) is 24.0. The third-order valence-corrected chi connectivity index (χ3v) is 6.24. The summed E-state index contributed by atoms with van der Waals surface area (Å²) in [6.07, 6.45) is 0. The molecule has 2 aromatic heterocycles. The van der Waals surface area contributed by atoms with Gasteiger partial charge in [-0.15, -0.1) is 0 Å². The summed E-state index contributed by atoms with van der Waals surface area (Å²) in [4.78, 5) is 20.9. The number of carbonyl (C=O) groups excluding carboxylic acids is 1. The molecule has 0 radical (unpaired) electrons. The van der Waals surface area contributed by atoms with Crippen LogP contribution in [0, 0.1) is 18.3 Å². The molecule has 0 spiro atoms. The SMILES string of the molecule is COc1ccc(C(=O)N2CCN(c3oc(-c4ccc(COc5ccccc5C)o4)nc3C#N)CC2)cc1. The summed E-state index contributed by atoms with van der Waals surface area (Å²) in [7, 11) is 1.59. The van der Waals surface area contributed by atoms with Crippen LogP contribution in [-0.2, 0) is 6.61 Å². The average Bonchev–Trinajstić information content (AvgIpc) is 3.60. The first-order valence-corrected chi connectivity index (χ1v) is 11.9. The Morgan fingerprint density at radius 1 is 1.03 bits per heavy atom. The lowest BCUT2D eigenvalue weighted by Crippen LogP contribution is -2.48. The summed E-state index contributed by atoms with van der Waals surface area (Å²) in [5.74, 6) is 3.08. The number of rotatable bonds is 7. The van der Waals surface area contributed by atoms with E-state index in [1.165, 1.54) is 0 Å². The van der Waals surface area contributed by atoms with Crippen molar-refractivity contribution in [3.05, 3.63) is 83.2 Å². The largest absolute Gasteiger partial charge is 0.497 e. The van der Waals surface area contributed by atoms with Crippen LogP contribution in [0.4, 0.5) is 5.88 Å². The summed E-state index contributed by atoms with van der Waals surface area (Å²) in [5.41, 5.74) is 1.82. The number of aromatic nitrogens is 1. The van der Waals surface area contributed by atoms with E-state index in [1.54, 1.807) is 48.4 Å². The van der Waals surface area contributed by atoms with Gasteiger partial charge in [-0.25, -0.2) is 0 Å². The van der Waals surface area contributed by atoms with E-state index in [9.17, 15) is 10.1 Å². The first-order valence-electron chi connectivity index (χ1n) is 11.9. The van der Waals surface area contributed by atoms with E-state index in [0.29, 0.717) is 54.9 Å². The minimum absolute atomic E-state index is 0.0444. The number of amides is 1. The number of para-hydroxylation sites is 1. The van der Waals surface area contributed by atoms with Gasteiger partial charge in [0.15, 0.2) is 5.76 Å². The quantitative estimate of drug-likeness (QED) is 0.362. The van der Waals surface area contributed by atoms with Gasteiger partial charge in [-0.05, 0) is 55.0 Å². The van der Waals surface area contributed by atoms with Crippen molar-refractivity contribution >= 4 is 11.8 Å². The lowest BCUT2D eigenvalue weighted by atomic mass is 10.1. The third-order valence-electron chi connectivity index (χ3n) is 6.24. The number of methoxy groups -OCH3 is 1. The number of hydrogen-bond donors (Lipinski definition) is 0. The molecule has 3 heterocycles. The van der Waals surface area contributed by atoms with Gasteiger partial charge in [0.25, 0.3) is 11.8 Å². The number of piperazine rings is 1. The Labute approximate surface area is 214 Å². The fraction of sp³-hybridized carbons (Fsp3) is 0.250. The Morgan fingerprint density at radius 3 is 2.49 bits per heavy atom. The van der Waals surface area contributed by atoms with E-state index in [4.69, 9.17) is 18.3 Å². The number of nitrogens with zero attached hydrogens (tertiary/aromatic N) is 4. The molecule has 5 rings (SSSR count). The summed E-state index contributed by atoms with van der Waals surface area (Å²) < 4.78 is 22.9. The third kappa shape index (κ3) is 5.14. The van der Waals surface area contributed by atoms with Crippen molar-refractivity contribution in [2.24, 2.45) is 0 Å². The smallest absolute Gasteiger partial charge is 0.266 e. The second-order valence-electron chi connectivity index (χ2n) is 8.61. The standard InChI is InChI=1S/C28H26N4O5/c1-19-5-3-4-6-24(19)35-18-22-11-12-25(36-22)26-30-23(17-29)28(37-26)32-15-13-31(14-16-32)27(33)20-7-9-21(34-2)10-8-20/h3-12H,13-16,18H2,1-2H3. The minimum Gasteiger partial charge on any atom is -0.497 e. The first-order chi connectivity index (χ1) is 18.1. The van der Waals surface area contributed by atoms with Crippen LogP contribution in [0.2, 0.25) is 0 Å². The highest BCUT2D eigenvalue weighted by atomic mass is 16.5. The zero-order valence-electron chi connectivity index (χ0n) is 20.6. The van der Waals surface area contributed by atoms with Crippen molar-refractivity contribution in [2.45, 2.75) is 13.5 Å². The molecule has 9 heteroatoms. The lowest BCUT2D eigenvalue weighted by molar-refractivity contribution is 0.0745. The number of benzene rings is 2. The van der Waals surface area contributed by atoms with Gasteiger partial charge < -0.3 is 28.1 Å². The molecule has 188 valence electrons. The van der Waals surface area contributed by atoms with Crippen molar-refractivity contribution < 1.29 is 23.1 Å². The van der Waals surface area contributed by atoms with E-state index >= 15 is 0 Å². The van der Waals surface area contributed by atoms with Crippen molar-refractivity contribution in [3.63, 3.8) is 0 Å². The zero-order valence-corrected chi connectivity index (χ0v) is 20.6. The second kappa shape index (κ2) is 10.5. The maximum atomic E-state index is 12.9. The lowest BCUT2D eigenvalue weighted by Gasteiger charge is -2.34. The van der Waals surface area contributed by atoms with Crippen LogP contribution in [-0.4, -0.2) is 49.1 Å². The molecule has 2 aromatic carbocycles. The topological polar surface area (TPSA) is 105 Å². The zero-order chi connectivity index (χ0) is 25.8. The molecule has 0 N–H and O–H groups in total. The van der Waals surface area contributed by atoms with Gasteiger partial charge in [-0.2, -0.15) is 10.2 Å². The van der Waals surface area contributed by atoms with Gasteiger partial charge in [0, 0.05) is 31.7 Å². The molecule has 1 fully saturated rings. The molecule has 1 aliphatic heterocycles. The van der Waals surface area contributed by atoms with Gasteiger partial charge in [-0.1, -0.05) is 18.2 Å². The highest BCUT2D eigenvalue weighted by Gasteiger charge is 2.27. The molecular formula is C28H26N4O5. The molecular weight excluding hydrogens is 472 g/mol. The van der Waals surface area contributed by atoms with Crippen LogP contribution < -0.4 is 14.4 Å². The van der Waals surface area contributed by atoms with Crippen LogP contribution >= 0.6 is 0 Å². The van der Waals surface area contributed by atoms with Crippen LogP contribution in [0.1, 0.15) is 27.4 Å². The van der Waals surface area contributed by atoms with E-state index < -0.39 is 0 Å². The van der Waals surface area contributed by atoms with Crippen molar-refractivity contribution in [2.75, 3.05) is 38.2 Å². The summed E-state index contributed by atoms with van der Waals surface area (Å²) in [6.45, 7) is 4.25. The number of nitriles is 1. The van der Waals surface area contributed by atoms with Gasteiger partial charge in [0.2, 0.25) is 11.6 Å². The van der Waals surface area contributed by atoms with Crippen LogP contribution in [0.3, 0.4) is 0 Å². The predicted octanol–water partition coefficient (Wildman–Crippen LogP) is 4.66.